The molecule has 2 fully saturated rings. The van der Waals surface area contributed by atoms with E-state index in [-0.39, 0.29) is 11.3 Å². The van der Waals surface area contributed by atoms with Crippen molar-refractivity contribution in [3.63, 3.8) is 0 Å². The molecular formula is C27H24N8O. The third-order valence-electron chi connectivity index (χ3n) is 7.44. The van der Waals surface area contributed by atoms with Crippen LogP contribution in [0.4, 0.5) is 5.82 Å². The van der Waals surface area contributed by atoms with Crippen LogP contribution in [0.1, 0.15) is 18.4 Å². The number of nitrogens with zero attached hydrogens (tertiary/aromatic N) is 8. The van der Waals surface area contributed by atoms with Crippen molar-refractivity contribution >= 4 is 17.2 Å². The molecule has 2 aliphatic rings. The van der Waals surface area contributed by atoms with Gasteiger partial charge in [0, 0.05) is 79.5 Å². The first-order valence-electron chi connectivity index (χ1n) is 11.9. The molecule has 36 heavy (non-hydrogen) atoms. The lowest BCUT2D eigenvalue weighted by atomic mass is 9.72. The number of piperidine rings is 1. The fourth-order valence-electron chi connectivity index (χ4n) is 5.41. The molecule has 178 valence electrons. The Kier molecular flexibility index (Phi) is 5.01. The zero-order chi connectivity index (χ0) is 24.9. The van der Waals surface area contributed by atoms with Crippen molar-refractivity contribution in [1.29, 1.82) is 5.26 Å². The predicted molar refractivity (Wildman–Crippen MR) is 135 cm³/mol. The van der Waals surface area contributed by atoms with Gasteiger partial charge in [-0.2, -0.15) is 15.5 Å². The van der Waals surface area contributed by atoms with Gasteiger partial charge in [-0.25, -0.2) is 9.50 Å². The summed E-state index contributed by atoms with van der Waals surface area (Å²) < 4.78 is 3.51. The molecule has 6 rings (SSSR count). The van der Waals surface area contributed by atoms with Gasteiger partial charge in [0.2, 0.25) is 0 Å². The van der Waals surface area contributed by atoms with Crippen LogP contribution >= 0.6 is 0 Å². The molecule has 1 amide bonds. The van der Waals surface area contributed by atoms with Crippen LogP contribution in [0, 0.1) is 29.1 Å². The van der Waals surface area contributed by atoms with E-state index in [1.54, 1.807) is 20.3 Å². The number of amides is 1. The average Bonchev–Trinajstić information content (AvgIpc) is 3.52. The normalized spacial score (nSPS) is 16.5. The number of nitriles is 1. The summed E-state index contributed by atoms with van der Waals surface area (Å²) >= 11 is 0. The molecule has 0 saturated carbocycles. The lowest BCUT2D eigenvalue weighted by Gasteiger charge is -2.53. The highest BCUT2D eigenvalue weighted by molar-refractivity contribution is 5.93. The summed E-state index contributed by atoms with van der Waals surface area (Å²) in [6.45, 7) is 3.30. The van der Waals surface area contributed by atoms with Crippen molar-refractivity contribution in [2.75, 3.05) is 31.1 Å². The largest absolute Gasteiger partial charge is 0.357 e. The summed E-state index contributed by atoms with van der Waals surface area (Å²) in [5.41, 5.74) is 5.22. The molecule has 4 aromatic heterocycles. The number of terminal acetylenes is 1. The van der Waals surface area contributed by atoms with E-state index >= 15 is 0 Å². The number of carbonyl (C=O) groups is 1. The van der Waals surface area contributed by atoms with Gasteiger partial charge >= 0.3 is 0 Å². The minimum atomic E-state index is -0.209. The number of hydrogen-bond acceptors (Lipinski definition) is 6. The second-order valence-electron chi connectivity index (χ2n) is 9.71. The van der Waals surface area contributed by atoms with Gasteiger partial charge in [-0.1, -0.05) is 0 Å². The van der Waals surface area contributed by atoms with Gasteiger partial charge in [0.05, 0.1) is 23.5 Å². The van der Waals surface area contributed by atoms with E-state index in [0.29, 0.717) is 5.56 Å². The van der Waals surface area contributed by atoms with Crippen LogP contribution < -0.4 is 4.90 Å². The smallest absolute Gasteiger partial charge is 0.298 e. The number of carbonyl (C=O) groups excluding carboxylic acids is 1. The second kappa shape index (κ2) is 8.24. The van der Waals surface area contributed by atoms with Crippen molar-refractivity contribution in [2.24, 2.45) is 12.5 Å². The van der Waals surface area contributed by atoms with E-state index in [9.17, 15) is 10.1 Å². The predicted octanol–water partition coefficient (Wildman–Crippen LogP) is 2.73. The number of aryl methyl sites for hydroxylation is 1. The maximum atomic E-state index is 11.7. The highest BCUT2D eigenvalue weighted by Gasteiger charge is 2.46. The van der Waals surface area contributed by atoms with Crippen LogP contribution in [0.2, 0.25) is 0 Å². The van der Waals surface area contributed by atoms with Gasteiger partial charge in [-0.3, -0.25) is 9.48 Å². The Morgan fingerprint density at radius 1 is 1.06 bits per heavy atom. The summed E-state index contributed by atoms with van der Waals surface area (Å²) in [6.07, 6.45) is 16.4. The van der Waals surface area contributed by atoms with E-state index in [0.717, 1.165) is 72.6 Å². The van der Waals surface area contributed by atoms with Crippen LogP contribution in [0.3, 0.4) is 0 Å². The topological polar surface area (TPSA) is 95.4 Å². The minimum absolute atomic E-state index is 0.191. The number of hydrogen-bond donors (Lipinski definition) is 0. The van der Waals surface area contributed by atoms with E-state index in [2.05, 4.69) is 39.2 Å². The van der Waals surface area contributed by atoms with Gasteiger partial charge in [-0.05, 0) is 37.0 Å². The Morgan fingerprint density at radius 2 is 1.86 bits per heavy atom. The average molecular weight is 477 g/mol. The minimum Gasteiger partial charge on any atom is -0.357 e. The van der Waals surface area contributed by atoms with Crippen molar-refractivity contribution in [3.05, 3.63) is 54.7 Å². The van der Waals surface area contributed by atoms with E-state index in [1.807, 2.05) is 37.9 Å². The summed E-state index contributed by atoms with van der Waals surface area (Å²) in [7, 11) is 1.88. The van der Waals surface area contributed by atoms with E-state index in [1.165, 1.54) is 0 Å². The monoisotopic (exact) mass is 476 g/mol. The van der Waals surface area contributed by atoms with E-state index in [4.69, 9.17) is 11.4 Å². The Balaban J connectivity index is 1.26. The maximum Gasteiger partial charge on any atom is 0.298 e. The molecule has 0 atom stereocenters. The summed E-state index contributed by atoms with van der Waals surface area (Å²) in [5, 5.41) is 18.4. The fraction of sp³-hybridized carbons (Fsp3) is 0.296. The molecule has 0 aromatic carbocycles. The highest BCUT2D eigenvalue weighted by Crippen LogP contribution is 2.41. The Morgan fingerprint density at radius 3 is 2.50 bits per heavy atom. The molecule has 0 N–H and O–H groups in total. The fourth-order valence-corrected chi connectivity index (χ4v) is 5.41. The first-order chi connectivity index (χ1) is 17.5. The van der Waals surface area contributed by atoms with Gasteiger partial charge in [0.1, 0.15) is 11.9 Å². The number of anilines is 1. The molecule has 0 bridgehead atoms. The molecule has 2 saturated heterocycles. The summed E-state index contributed by atoms with van der Waals surface area (Å²) in [6, 6.07) is 8.42. The molecule has 6 heterocycles. The van der Waals surface area contributed by atoms with Gasteiger partial charge in [0.15, 0.2) is 0 Å². The molecule has 9 nitrogen and oxygen atoms in total. The molecular weight excluding hydrogens is 452 g/mol. The molecule has 0 radical (unpaired) electrons. The number of likely N-dealkylation sites (tertiary alicyclic amines) is 1. The Labute approximate surface area is 208 Å². The van der Waals surface area contributed by atoms with Crippen molar-refractivity contribution < 1.29 is 4.79 Å². The van der Waals surface area contributed by atoms with Gasteiger partial charge in [-0.15, -0.1) is 6.42 Å². The van der Waals surface area contributed by atoms with Crippen LogP contribution in [-0.2, 0) is 11.8 Å². The van der Waals surface area contributed by atoms with Crippen LogP contribution in [-0.4, -0.2) is 61.4 Å². The molecule has 2 aliphatic heterocycles. The quantitative estimate of drug-likeness (QED) is 0.422. The third kappa shape index (κ3) is 3.57. The standard InChI is InChI=1S/C27H24N8O/c1-3-25(36)34-17-27(18-34)6-8-33(9-7-27)24-5-4-19(12-29-24)23-10-20(22-14-30-32(2)15-22)16-35-26(23)21(11-28)13-31-35/h1,4-5,10,12-16H,6-9,17-18H2,2H3. The molecule has 9 heteroatoms. The molecule has 0 aliphatic carbocycles. The van der Waals surface area contributed by atoms with Crippen molar-refractivity contribution in [2.45, 2.75) is 12.8 Å². The zero-order valence-electron chi connectivity index (χ0n) is 19.9. The number of pyridine rings is 2. The van der Waals surface area contributed by atoms with Gasteiger partial charge < -0.3 is 9.80 Å². The van der Waals surface area contributed by atoms with Crippen molar-refractivity contribution in [3.8, 4) is 40.7 Å². The lowest BCUT2D eigenvalue weighted by molar-refractivity contribution is -0.138. The Bertz CT molecular complexity index is 1550. The third-order valence-corrected chi connectivity index (χ3v) is 7.44. The number of rotatable bonds is 3. The zero-order valence-corrected chi connectivity index (χ0v) is 19.9. The molecule has 0 unspecified atom stereocenters. The lowest BCUT2D eigenvalue weighted by Crippen LogP contribution is -2.61. The molecule has 4 aromatic rings. The SMILES string of the molecule is C#CC(=O)N1CC2(CCN(c3ccc(-c4cc(-c5cnn(C)c5)cn5ncc(C#N)c45)cn3)CC2)C1. The van der Waals surface area contributed by atoms with E-state index < -0.39 is 0 Å². The highest BCUT2D eigenvalue weighted by atomic mass is 16.2. The first kappa shape index (κ1) is 21.9. The van der Waals surface area contributed by atoms with Crippen LogP contribution in [0.15, 0.2) is 49.2 Å². The first-order valence-corrected chi connectivity index (χ1v) is 11.9. The summed E-state index contributed by atoms with van der Waals surface area (Å²) in [5.74, 6) is 2.93. The number of fused-ring (bicyclic) bond motifs is 1. The van der Waals surface area contributed by atoms with Crippen molar-refractivity contribution in [1.82, 2.24) is 29.3 Å². The van der Waals surface area contributed by atoms with Crippen LogP contribution in [0.25, 0.3) is 27.8 Å². The number of aromatic nitrogens is 5. The second-order valence-corrected chi connectivity index (χ2v) is 9.71. The van der Waals surface area contributed by atoms with Crippen LogP contribution in [0.5, 0.6) is 0 Å². The Hall–Kier alpha value is -4.63. The summed E-state index contributed by atoms with van der Waals surface area (Å²) in [4.78, 5) is 20.5. The molecule has 1 spiro atoms. The van der Waals surface area contributed by atoms with Gasteiger partial charge in [0.25, 0.3) is 5.91 Å². The maximum absolute atomic E-state index is 11.7.